The van der Waals surface area contributed by atoms with Crippen LogP contribution >= 0.6 is 38.5 Å². The highest BCUT2D eigenvalue weighted by Crippen LogP contribution is 2.43. The number of hydrogen-bond donors (Lipinski definition) is 0. The minimum atomic E-state index is -0.223. The quantitative estimate of drug-likeness (QED) is 0.455. The summed E-state index contributed by atoms with van der Waals surface area (Å²) < 4.78 is 7.86. The molecule has 1 heterocycles. The van der Waals surface area contributed by atoms with Crippen molar-refractivity contribution in [3.63, 3.8) is 0 Å². The first-order chi connectivity index (χ1) is 8.58. The zero-order valence-corrected chi connectivity index (χ0v) is 13.7. The monoisotopic (exact) mass is 420 g/mol. The Balaban J connectivity index is 1.92. The third-order valence-corrected chi connectivity index (χ3v) is 5.62. The lowest BCUT2D eigenvalue weighted by Gasteiger charge is -2.41. The van der Waals surface area contributed by atoms with Gasteiger partial charge in [0.05, 0.1) is 12.0 Å². The molecule has 0 atom stereocenters. The van der Waals surface area contributed by atoms with Crippen molar-refractivity contribution in [3.8, 4) is 5.75 Å². The number of carbonyl (C=O) groups excluding carboxylic acids is 1. The topological polar surface area (TPSA) is 26.3 Å². The molecule has 0 saturated heterocycles. The maximum atomic E-state index is 12.3. The fourth-order valence-corrected chi connectivity index (χ4v) is 3.84. The summed E-state index contributed by atoms with van der Waals surface area (Å²) in [4.78, 5) is 12.3. The summed E-state index contributed by atoms with van der Waals surface area (Å²) in [5, 5.41) is 0. The van der Waals surface area contributed by atoms with Crippen LogP contribution in [0.15, 0.2) is 22.7 Å². The van der Waals surface area contributed by atoms with Crippen LogP contribution < -0.4 is 4.74 Å². The number of halogens is 2. The Kier molecular flexibility index (Phi) is 3.43. The van der Waals surface area contributed by atoms with E-state index >= 15 is 0 Å². The lowest BCUT2D eigenvalue weighted by Crippen LogP contribution is -2.45. The van der Waals surface area contributed by atoms with Gasteiger partial charge in [0.15, 0.2) is 5.78 Å². The van der Waals surface area contributed by atoms with E-state index in [0.717, 1.165) is 45.4 Å². The van der Waals surface area contributed by atoms with E-state index in [9.17, 15) is 4.79 Å². The lowest BCUT2D eigenvalue weighted by molar-refractivity contribution is 0.0156. The van der Waals surface area contributed by atoms with E-state index < -0.39 is 0 Å². The Morgan fingerprint density at radius 2 is 2.06 bits per heavy atom. The number of benzene rings is 1. The number of carbonyl (C=O) groups is 1. The molecule has 0 aromatic heterocycles. The molecule has 4 heteroatoms. The largest absolute Gasteiger partial charge is 0.486 e. The van der Waals surface area contributed by atoms with E-state index in [-0.39, 0.29) is 11.4 Å². The van der Waals surface area contributed by atoms with Crippen LogP contribution in [-0.4, -0.2) is 15.3 Å². The molecule has 0 unspecified atom stereocenters. The van der Waals surface area contributed by atoms with Crippen LogP contribution in [0.4, 0.5) is 0 Å². The van der Waals surface area contributed by atoms with E-state index in [1.54, 1.807) is 0 Å². The van der Waals surface area contributed by atoms with Crippen molar-refractivity contribution in [3.05, 3.63) is 28.2 Å². The Labute approximate surface area is 129 Å². The third kappa shape index (κ3) is 2.33. The third-order valence-electron chi connectivity index (χ3n) is 3.88. The molecule has 18 heavy (non-hydrogen) atoms. The van der Waals surface area contributed by atoms with Gasteiger partial charge in [-0.05, 0) is 43.9 Å². The van der Waals surface area contributed by atoms with E-state index in [4.69, 9.17) is 4.74 Å². The van der Waals surface area contributed by atoms with Crippen LogP contribution in [-0.2, 0) is 0 Å². The van der Waals surface area contributed by atoms with Gasteiger partial charge >= 0.3 is 0 Å². The number of Topliss-reactive ketones (excluding diaryl/α,β-unsaturated/α-hetero) is 1. The molecule has 96 valence electrons. The number of ketones is 1. The number of fused-ring (bicyclic) bond motifs is 1. The van der Waals surface area contributed by atoms with Gasteiger partial charge in [0, 0.05) is 8.40 Å². The summed E-state index contributed by atoms with van der Waals surface area (Å²) in [6.07, 6.45) is 4.85. The van der Waals surface area contributed by atoms with Crippen molar-refractivity contribution in [2.45, 2.75) is 41.6 Å². The minimum Gasteiger partial charge on any atom is -0.486 e. The maximum Gasteiger partial charge on any atom is 0.170 e. The highest BCUT2D eigenvalue weighted by atomic mass is 127. The van der Waals surface area contributed by atoms with Crippen molar-refractivity contribution < 1.29 is 9.53 Å². The molecule has 1 spiro atoms. The predicted octanol–water partition coefficient (Wildman–Crippen LogP) is 4.53. The van der Waals surface area contributed by atoms with Crippen molar-refractivity contribution in [2.24, 2.45) is 0 Å². The fraction of sp³-hybridized carbons (Fsp3) is 0.500. The van der Waals surface area contributed by atoms with Crippen LogP contribution in [0.25, 0.3) is 0 Å². The standard InChI is InChI=1S/C14H14BrIO2/c15-9-1-2-13-11(7-9)12(17)8-14(18-13)5-3-10(16)4-6-14/h1-2,7,10H,3-6,8H2. The molecule has 2 aliphatic rings. The van der Waals surface area contributed by atoms with Gasteiger partial charge in [0.2, 0.25) is 0 Å². The maximum absolute atomic E-state index is 12.3. The number of alkyl halides is 1. The van der Waals surface area contributed by atoms with Gasteiger partial charge in [-0.1, -0.05) is 38.5 Å². The molecule has 2 nitrogen and oxygen atoms in total. The van der Waals surface area contributed by atoms with Crippen molar-refractivity contribution in [1.82, 2.24) is 0 Å². The van der Waals surface area contributed by atoms with Gasteiger partial charge in [0.1, 0.15) is 11.4 Å². The Hall–Kier alpha value is -0.100. The molecular weight excluding hydrogens is 407 g/mol. The van der Waals surface area contributed by atoms with Crippen molar-refractivity contribution in [2.75, 3.05) is 0 Å². The first kappa shape index (κ1) is 12.9. The number of hydrogen-bond acceptors (Lipinski definition) is 2. The van der Waals surface area contributed by atoms with Gasteiger partial charge in [-0.15, -0.1) is 0 Å². The molecule has 1 aromatic rings. The predicted molar refractivity (Wildman–Crippen MR) is 82.7 cm³/mol. The minimum absolute atomic E-state index is 0.223. The zero-order valence-electron chi connectivity index (χ0n) is 9.92. The fourth-order valence-electron chi connectivity index (χ4n) is 2.85. The molecule has 0 N–H and O–H groups in total. The second-order valence-electron chi connectivity index (χ2n) is 5.20. The van der Waals surface area contributed by atoms with Gasteiger partial charge in [-0.2, -0.15) is 0 Å². The van der Waals surface area contributed by atoms with Crippen LogP contribution in [0.1, 0.15) is 42.5 Å². The normalized spacial score (nSPS) is 31.0. The molecule has 0 radical (unpaired) electrons. The summed E-state index contributed by atoms with van der Waals surface area (Å²) in [5.41, 5.74) is 0.506. The molecular formula is C14H14BrIO2. The van der Waals surface area contributed by atoms with E-state index in [1.807, 2.05) is 18.2 Å². The molecule has 1 aromatic carbocycles. The molecule has 3 rings (SSSR count). The molecule has 0 amide bonds. The Morgan fingerprint density at radius 3 is 2.78 bits per heavy atom. The van der Waals surface area contributed by atoms with Gasteiger partial charge in [0.25, 0.3) is 0 Å². The molecule has 1 aliphatic carbocycles. The zero-order chi connectivity index (χ0) is 12.8. The highest BCUT2D eigenvalue weighted by Gasteiger charge is 2.42. The average Bonchev–Trinajstić information content (AvgIpc) is 2.35. The summed E-state index contributed by atoms with van der Waals surface area (Å²) in [5.74, 6) is 0.991. The smallest absolute Gasteiger partial charge is 0.170 e. The summed E-state index contributed by atoms with van der Waals surface area (Å²) in [7, 11) is 0. The second-order valence-corrected chi connectivity index (χ2v) is 7.88. The Bertz CT molecular complexity index is 493. The van der Waals surface area contributed by atoms with E-state index in [2.05, 4.69) is 38.5 Å². The average molecular weight is 421 g/mol. The first-order valence-electron chi connectivity index (χ1n) is 6.24. The summed E-state index contributed by atoms with van der Waals surface area (Å²) in [6.45, 7) is 0. The van der Waals surface area contributed by atoms with Crippen LogP contribution in [0.5, 0.6) is 5.75 Å². The van der Waals surface area contributed by atoms with E-state index in [1.165, 1.54) is 0 Å². The number of rotatable bonds is 0. The SMILES string of the molecule is O=C1CC2(CCC(I)CC2)Oc2ccc(Br)cc21. The van der Waals surface area contributed by atoms with Crippen LogP contribution in [0.3, 0.4) is 0 Å². The van der Waals surface area contributed by atoms with Crippen LogP contribution in [0, 0.1) is 0 Å². The summed E-state index contributed by atoms with van der Waals surface area (Å²) in [6, 6.07) is 5.72. The Morgan fingerprint density at radius 1 is 1.33 bits per heavy atom. The first-order valence-corrected chi connectivity index (χ1v) is 8.28. The lowest BCUT2D eigenvalue weighted by atomic mass is 9.78. The van der Waals surface area contributed by atoms with Crippen molar-refractivity contribution >= 4 is 44.3 Å². The van der Waals surface area contributed by atoms with Gasteiger partial charge in [-0.25, -0.2) is 0 Å². The molecule has 1 aliphatic heterocycles. The second kappa shape index (κ2) is 4.78. The summed E-state index contributed by atoms with van der Waals surface area (Å²) >= 11 is 5.90. The van der Waals surface area contributed by atoms with E-state index in [0.29, 0.717) is 6.42 Å². The molecule has 1 saturated carbocycles. The van der Waals surface area contributed by atoms with Crippen LogP contribution in [0.2, 0.25) is 0 Å². The highest BCUT2D eigenvalue weighted by molar-refractivity contribution is 14.1. The van der Waals surface area contributed by atoms with Gasteiger partial charge < -0.3 is 4.74 Å². The van der Waals surface area contributed by atoms with Crippen molar-refractivity contribution in [1.29, 1.82) is 0 Å². The molecule has 0 bridgehead atoms. The van der Waals surface area contributed by atoms with Gasteiger partial charge in [-0.3, -0.25) is 4.79 Å². The number of ether oxygens (including phenoxy) is 1. The molecule has 1 fully saturated rings.